The van der Waals surface area contributed by atoms with E-state index in [1.807, 2.05) is 12.1 Å². The molecule has 0 spiro atoms. The van der Waals surface area contributed by atoms with Crippen LogP contribution in [-0.2, 0) is 6.42 Å². The van der Waals surface area contributed by atoms with Crippen molar-refractivity contribution in [3.8, 4) is 0 Å². The number of hydrogen-bond donors (Lipinski definition) is 0. The number of halogens is 3. The van der Waals surface area contributed by atoms with Crippen molar-refractivity contribution in [2.75, 3.05) is 26.3 Å². The Morgan fingerprint density at radius 1 is 0.853 bits per heavy atom. The molecule has 0 atom stereocenters. The molecule has 0 saturated carbocycles. The maximum absolute atomic E-state index is 14.9. The third-order valence-corrected chi connectivity index (χ3v) is 6.75. The van der Waals surface area contributed by atoms with Crippen molar-refractivity contribution in [3.63, 3.8) is 0 Å². The van der Waals surface area contributed by atoms with E-state index >= 15 is 0 Å². The Kier molecular flexibility index (Phi) is 6.68. The Hall–Kier alpha value is -3.11. The van der Waals surface area contributed by atoms with Crippen LogP contribution in [0.25, 0.3) is 17.2 Å². The largest absolute Gasteiger partial charge is 0.295 e. The Morgan fingerprint density at radius 3 is 2.41 bits per heavy atom. The molecule has 0 bridgehead atoms. The fourth-order valence-corrected chi connectivity index (χ4v) is 5.10. The normalized spacial score (nSPS) is 16.1. The fourth-order valence-electron chi connectivity index (χ4n) is 5.10. The van der Waals surface area contributed by atoms with Crippen LogP contribution in [0.2, 0.25) is 0 Å². The standard InChI is InChI=1S/C30H28F3N/c31-15-4-16-34-19-22(20-34)17-21-9-11-24(12-10-21)30-26-7-2-1-5-23(26)6-3-8-28(30)27-14-13-25(32)18-29(27)33/h1-2,5,7,9-14,17-18H,3-4,6,8,15-16,19-20H2. The number of allylic oxidation sites excluding steroid dienone is 1. The number of benzene rings is 3. The minimum atomic E-state index is -0.561. The van der Waals surface area contributed by atoms with Crippen LogP contribution in [0.1, 0.15) is 47.1 Å². The predicted octanol–water partition coefficient (Wildman–Crippen LogP) is 7.32. The molecule has 1 nitrogen and oxygen atoms in total. The monoisotopic (exact) mass is 459 g/mol. The SMILES string of the molecule is FCCCN1CC(=Cc2ccc(C3=C(c4ccc(F)cc4F)CCCc4ccccc43)cc2)C1. The van der Waals surface area contributed by atoms with E-state index in [1.165, 1.54) is 17.2 Å². The van der Waals surface area contributed by atoms with E-state index < -0.39 is 11.6 Å². The summed E-state index contributed by atoms with van der Waals surface area (Å²) in [6.45, 7) is 2.34. The highest BCUT2D eigenvalue weighted by Gasteiger charge is 2.22. The van der Waals surface area contributed by atoms with E-state index in [9.17, 15) is 13.2 Å². The lowest BCUT2D eigenvalue weighted by atomic mass is 9.87. The van der Waals surface area contributed by atoms with Gasteiger partial charge in [-0.2, -0.15) is 0 Å². The fraction of sp³-hybridized carbons (Fsp3) is 0.267. The highest BCUT2D eigenvalue weighted by molar-refractivity contribution is 6.00. The summed E-state index contributed by atoms with van der Waals surface area (Å²) < 4.78 is 40.9. The maximum atomic E-state index is 14.9. The van der Waals surface area contributed by atoms with Gasteiger partial charge in [-0.05, 0) is 76.8 Å². The molecule has 174 valence electrons. The van der Waals surface area contributed by atoms with Gasteiger partial charge in [0.2, 0.25) is 0 Å². The first-order chi connectivity index (χ1) is 16.6. The lowest BCUT2D eigenvalue weighted by Gasteiger charge is -2.33. The van der Waals surface area contributed by atoms with Crippen molar-refractivity contribution < 1.29 is 13.2 Å². The van der Waals surface area contributed by atoms with Crippen molar-refractivity contribution in [1.29, 1.82) is 0 Å². The van der Waals surface area contributed by atoms with Gasteiger partial charge in [0.05, 0.1) is 6.67 Å². The quantitative estimate of drug-likeness (QED) is 0.373. The van der Waals surface area contributed by atoms with Gasteiger partial charge in [-0.15, -0.1) is 0 Å². The zero-order chi connectivity index (χ0) is 23.5. The lowest BCUT2D eigenvalue weighted by molar-refractivity contribution is 0.239. The molecule has 0 N–H and O–H groups in total. The number of likely N-dealkylation sites (tertiary alicyclic amines) is 1. The number of alkyl halides is 1. The highest BCUT2D eigenvalue weighted by Crippen LogP contribution is 2.40. The molecule has 4 heteroatoms. The van der Waals surface area contributed by atoms with E-state index in [2.05, 4.69) is 47.4 Å². The molecule has 0 aromatic heterocycles. The van der Waals surface area contributed by atoms with Gasteiger partial charge in [0, 0.05) is 31.3 Å². The van der Waals surface area contributed by atoms with Crippen LogP contribution >= 0.6 is 0 Å². The Balaban J connectivity index is 1.52. The maximum Gasteiger partial charge on any atom is 0.133 e. The molecule has 0 unspecified atom stereocenters. The summed E-state index contributed by atoms with van der Waals surface area (Å²) in [4.78, 5) is 2.25. The molecular formula is C30H28F3N. The van der Waals surface area contributed by atoms with E-state index in [4.69, 9.17) is 0 Å². The van der Waals surface area contributed by atoms with Gasteiger partial charge in [0.1, 0.15) is 11.6 Å². The zero-order valence-corrected chi connectivity index (χ0v) is 19.2. The summed E-state index contributed by atoms with van der Waals surface area (Å²) in [5, 5.41) is 0. The second-order valence-electron chi connectivity index (χ2n) is 9.17. The molecule has 3 aromatic rings. The third-order valence-electron chi connectivity index (χ3n) is 6.75. The molecule has 0 amide bonds. The van der Waals surface area contributed by atoms with Crippen LogP contribution in [0.15, 0.2) is 72.3 Å². The van der Waals surface area contributed by atoms with Crippen LogP contribution in [0.3, 0.4) is 0 Å². The Bertz CT molecular complexity index is 1230. The minimum Gasteiger partial charge on any atom is -0.295 e. The van der Waals surface area contributed by atoms with Crippen molar-refractivity contribution in [3.05, 3.63) is 112 Å². The molecule has 1 aliphatic carbocycles. The van der Waals surface area contributed by atoms with Crippen LogP contribution in [0.5, 0.6) is 0 Å². The first-order valence-corrected chi connectivity index (χ1v) is 12.0. The van der Waals surface area contributed by atoms with E-state index in [-0.39, 0.29) is 6.67 Å². The lowest BCUT2D eigenvalue weighted by Crippen LogP contribution is -2.40. The number of aryl methyl sites for hydroxylation is 1. The van der Waals surface area contributed by atoms with Gasteiger partial charge in [-0.3, -0.25) is 9.29 Å². The third kappa shape index (κ3) is 4.74. The highest BCUT2D eigenvalue weighted by atomic mass is 19.1. The number of hydrogen-bond acceptors (Lipinski definition) is 1. The molecular weight excluding hydrogens is 431 g/mol. The van der Waals surface area contributed by atoms with Gasteiger partial charge in [0.25, 0.3) is 0 Å². The van der Waals surface area contributed by atoms with Crippen LogP contribution in [-0.4, -0.2) is 31.2 Å². The van der Waals surface area contributed by atoms with Gasteiger partial charge < -0.3 is 0 Å². The summed E-state index contributed by atoms with van der Waals surface area (Å²) in [7, 11) is 0. The van der Waals surface area contributed by atoms with Gasteiger partial charge >= 0.3 is 0 Å². The number of nitrogens with zero attached hydrogens (tertiary/aromatic N) is 1. The van der Waals surface area contributed by atoms with E-state index in [0.717, 1.165) is 72.8 Å². The van der Waals surface area contributed by atoms with E-state index in [0.29, 0.717) is 12.0 Å². The summed E-state index contributed by atoms with van der Waals surface area (Å²) in [6.07, 6.45) is 5.36. The molecule has 1 fully saturated rings. The van der Waals surface area contributed by atoms with Crippen LogP contribution < -0.4 is 0 Å². The van der Waals surface area contributed by atoms with Gasteiger partial charge in [-0.25, -0.2) is 8.78 Å². The van der Waals surface area contributed by atoms with Gasteiger partial charge in [-0.1, -0.05) is 54.6 Å². The van der Waals surface area contributed by atoms with Crippen LogP contribution in [0, 0.1) is 11.6 Å². The van der Waals surface area contributed by atoms with Crippen molar-refractivity contribution in [2.24, 2.45) is 0 Å². The van der Waals surface area contributed by atoms with Crippen molar-refractivity contribution in [1.82, 2.24) is 4.90 Å². The van der Waals surface area contributed by atoms with Crippen LogP contribution in [0.4, 0.5) is 13.2 Å². The molecule has 3 aromatic carbocycles. The number of rotatable bonds is 6. The molecule has 1 aliphatic heterocycles. The molecule has 5 rings (SSSR count). The first-order valence-electron chi connectivity index (χ1n) is 12.0. The zero-order valence-electron chi connectivity index (χ0n) is 19.2. The average molecular weight is 460 g/mol. The molecule has 0 radical (unpaired) electrons. The second kappa shape index (κ2) is 10.0. The molecule has 1 heterocycles. The average Bonchev–Trinajstić information content (AvgIpc) is 3.00. The van der Waals surface area contributed by atoms with Crippen molar-refractivity contribution >= 4 is 17.2 Å². The van der Waals surface area contributed by atoms with Crippen molar-refractivity contribution in [2.45, 2.75) is 25.7 Å². The van der Waals surface area contributed by atoms with E-state index in [1.54, 1.807) is 6.07 Å². The topological polar surface area (TPSA) is 3.24 Å². The smallest absolute Gasteiger partial charge is 0.133 e. The number of fused-ring (bicyclic) bond motifs is 1. The summed E-state index contributed by atoms with van der Waals surface area (Å²) in [5.41, 5.74) is 8.31. The summed E-state index contributed by atoms with van der Waals surface area (Å²) >= 11 is 0. The predicted molar refractivity (Wildman–Crippen MR) is 133 cm³/mol. The Morgan fingerprint density at radius 2 is 1.65 bits per heavy atom. The van der Waals surface area contributed by atoms with Gasteiger partial charge in [0.15, 0.2) is 0 Å². The summed E-state index contributed by atoms with van der Waals surface area (Å²) in [5.74, 6) is -1.08. The second-order valence-corrected chi connectivity index (χ2v) is 9.17. The Labute approximate surface area is 199 Å². The molecule has 34 heavy (non-hydrogen) atoms. The first kappa shape index (κ1) is 22.7. The minimum absolute atomic E-state index is 0.264. The molecule has 1 saturated heterocycles. The summed E-state index contributed by atoms with van der Waals surface area (Å²) in [6, 6.07) is 20.6. The molecule has 2 aliphatic rings.